The Bertz CT molecular complexity index is 668. The molecule has 0 radical (unpaired) electrons. The van der Waals surface area contributed by atoms with E-state index < -0.39 is 6.10 Å². The molecule has 1 aliphatic rings. The molecule has 23 heavy (non-hydrogen) atoms. The van der Waals surface area contributed by atoms with E-state index >= 15 is 0 Å². The molecule has 0 amide bonds. The summed E-state index contributed by atoms with van der Waals surface area (Å²) in [6.45, 7) is 3.96. The Balaban J connectivity index is 1.71. The van der Waals surface area contributed by atoms with Crippen molar-refractivity contribution in [2.75, 3.05) is 25.1 Å². The molecule has 2 aromatic rings. The molecule has 3 rings (SSSR count). The van der Waals surface area contributed by atoms with E-state index in [1.54, 1.807) is 7.11 Å². The molecule has 0 aliphatic carbocycles. The first-order chi connectivity index (χ1) is 11.2. The van der Waals surface area contributed by atoms with Gasteiger partial charge in [0.15, 0.2) is 0 Å². The largest absolute Gasteiger partial charge is 0.496 e. The SMILES string of the molecule is COc1ccc(C)cc1C(O)CCN1CCCc2ccccc21. The molecule has 1 N–H and O–H groups in total. The van der Waals surface area contributed by atoms with Crippen LogP contribution in [0.1, 0.15) is 35.6 Å². The molecule has 0 saturated carbocycles. The van der Waals surface area contributed by atoms with Crippen molar-refractivity contribution in [2.45, 2.75) is 32.3 Å². The molecule has 3 heteroatoms. The van der Waals surface area contributed by atoms with E-state index in [2.05, 4.69) is 29.2 Å². The van der Waals surface area contributed by atoms with Gasteiger partial charge in [0.2, 0.25) is 0 Å². The fourth-order valence-electron chi connectivity index (χ4n) is 3.39. The van der Waals surface area contributed by atoms with Gasteiger partial charge in [0, 0.05) is 24.3 Å². The first-order valence-corrected chi connectivity index (χ1v) is 8.34. The number of hydrogen-bond acceptors (Lipinski definition) is 3. The first-order valence-electron chi connectivity index (χ1n) is 8.34. The van der Waals surface area contributed by atoms with Crippen LogP contribution >= 0.6 is 0 Å². The van der Waals surface area contributed by atoms with Gasteiger partial charge >= 0.3 is 0 Å². The third kappa shape index (κ3) is 3.50. The molecule has 2 aromatic carbocycles. The van der Waals surface area contributed by atoms with Crippen LogP contribution in [0.25, 0.3) is 0 Å². The van der Waals surface area contributed by atoms with E-state index in [1.807, 2.05) is 25.1 Å². The lowest BCUT2D eigenvalue weighted by Gasteiger charge is -2.32. The lowest BCUT2D eigenvalue weighted by Crippen LogP contribution is -2.31. The zero-order valence-corrected chi connectivity index (χ0v) is 14.0. The number of nitrogens with zero attached hydrogens (tertiary/aromatic N) is 1. The monoisotopic (exact) mass is 311 g/mol. The average molecular weight is 311 g/mol. The molecule has 0 bridgehead atoms. The molecule has 0 saturated heterocycles. The van der Waals surface area contributed by atoms with Gasteiger partial charge in [0.1, 0.15) is 5.75 Å². The number of ether oxygens (including phenoxy) is 1. The Morgan fingerprint density at radius 2 is 2.04 bits per heavy atom. The van der Waals surface area contributed by atoms with E-state index in [-0.39, 0.29) is 0 Å². The lowest BCUT2D eigenvalue weighted by atomic mass is 9.99. The summed E-state index contributed by atoms with van der Waals surface area (Å²) < 4.78 is 5.40. The summed E-state index contributed by atoms with van der Waals surface area (Å²) in [4.78, 5) is 2.39. The number of rotatable bonds is 5. The second-order valence-electron chi connectivity index (χ2n) is 6.27. The number of hydrogen-bond donors (Lipinski definition) is 1. The second-order valence-corrected chi connectivity index (χ2v) is 6.27. The highest BCUT2D eigenvalue weighted by Gasteiger charge is 2.19. The van der Waals surface area contributed by atoms with Crippen LogP contribution in [0.3, 0.4) is 0 Å². The van der Waals surface area contributed by atoms with Crippen LogP contribution in [0.15, 0.2) is 42.5 Å². The summed E-state index contributed by atoms with van der Waals surface area (Å²) in [5.74, 6) is 0.766. The second kappa shape index (κ2) is 7.05. The fraction of sp³-hybridized carbons (Fsp3) is 0.400. The van der Waals surface area contributed by atoms with Gasteiger partial charge in [0.25, 0.3) is 0 Å². The topological polar surface area (TPSA) is 32.7 Å². The van der Waals surface area contributed by atoms with Crippen LogP contribution in [0, 0.1) is 6.92 Å². The summed E-state index contributed by atoms with van der Waals surface area (Å²) >= 11 is 0. The quantitative estimate of drug-likeness (QED) is 0.909. The standard InChI is InChI=1S/C20H25NO2/c1-15-9-10-20(23-2)17(14-15)19(22)11-13-21-12-5-7-16-6-3-4-8-18(16)21/h3-4,6,8-10,14,19,22H,5,7,11-13H2,1-2H3. The van der Waals surface area contributed by atoms with Gasteiger partial charge in [-0.1, -0.05) is 29.8 Å². The van der Waals surface area contributed by atoms with Crippen molar-refractivity contribution in [3.8, 4) is 5.75 Å². The highest BCUT2D eigenvalue weighted by atomic mass is 16.5. The number of anilines is 1. The molecule has 0 spiro atoms. The third-order valence-corrected chi connectivity index (χ3v) is 4.62. The summed E-state index contributed by atoms with van der Waals surface area (Å²) in [6, 6.07) is 14.6. The van der Waals surface area contributed by atoms with Gasteiger partial charge in [0.05, 0.1) is 13.2 Å². The molecule has 1 atom stereocenters. The van der Waals surface area contributed by atoms with Crippen LogP contribution in [-0.4, -0.2) is 25.3 Å². The van der Waals surface area contributed by atoms with Crippen LogP contribution in [0.4, 0.5) is 5.69 Å². The lowest BCUT2D eigenvalue weighted by molar-refractivity contribution is 0.165. The minimum Gasteiger partial charge on any atom is -0.496 e. The maximum absolute atomic E-state index is 10.6. The smallest absolute Gasteiger partial charge is 0.124 e. The van der Waals surface area contributed by atoms with Crippen LogP contribution in [-0.2, 0) is 6.42 Å². The van der Waals surface area contributed by atoms with E-state index in [1.165, 1.54) is 17.7 Å². The molecule has 1 aliphatic heterocycles. The summed E-state index contributed by atoms with van der Waals surface area (Å²) in [6.07, 6.45) is 2.54. The molecule has 0 aromatic heterocycles. The van der Waals surface area contributed by atoms with Crippen molar-refractivity contribution in [1.82, 2.24) is 0 Å². The first kappa shape index (κ1) is 15.9. The summed E-state index contributed by atoms with van der Waals surface area (Å²) in [5.41, 5.74) is 4.77. The fourth-order valence-corrected chi connectivity index (χ4v) is 3.39. The zero-order chi connectivity index (χ0) is 16.2. The van der Waals surface area contributed by atoms with Gasteiger partial charge in [-0.2, -0.15) is 0 Å². The molecule has 1 unspecified atom stereocenters. The van der Waals surface area contributed by atoms with Gasteiger partial charge < -0.3 is 14.7 Å². The minimum absolute atomic E-state index is 0.501. The number of fused-ring (bicyclic) bond motifs is 1. The number of aryl methyl sites for hydroxylation is 2. The Hall–Kier alpha value is -2.00. The van der Waals surface area contributed by atoms with Crippen molar-refractivity contribution in [2.24, 2.45) is 0 Å². The predicted octanol–water partition coefficient (Wildman–Crippen LogP) is 3.88. The van der Waals surface area contributed by atoms with E-state index in [4.69, 9.17) is 4.74 Å². The van der Waals surface area contributed by atoms with Crippen molar-refractivity contribution >= 4 is 5.69 Å². The highest BCUT2D eigenvalue weighted by molar-refractivity contribution is 5.55. The highest BCUT2D eigenvalue weighted by Crippen LogP contribution is 2.31. The van der Waals surface area contributed by atoms with Crippen molar-refractivity contribution in [3.05, 3.63) is 59.2 Å². The van der Waals surface area contributed by atoms with Gasteiger partial charge in [-0.15, -0.1) is 0 Å². The number of aliphatic hydroxyl groups excluding tert-OH is 1. The van der Waals surface area contributed by atoms with Gasteiger partial charge in [-0.25, -0.2) is 0 Å². The number of methoxy groups -OCH3 is 1. The predicted molar refractivity (Wildman–Crippen MR) is 94.3 cm³/mol. The van der Waals surface area contributed by atoms with Gasteiger partial charge in [-0.3, -0.25) is 0 Å². The Kier molecular flexibility index (Phi) is 4.87. The van der Waals surface area contributed by atoms with E-state index in [9.17, 15) is 5.11 Å². The molecular formula is C20H25NO2. The summed E-state index contributed by atoms with van der Waals surface area (Å²) in [5, 5.41) is 10.6. The average Bonchev–Trinajstić information content (AvgIpc) is 2.59. The maximum atomic E-state index is 10.6. The van der Waals surface area contributed by atoms with E-state index in [0.717, 1.165) is 36.4 Å². The molecular weight excluding hydrogens is 286 g/mol. The molecule has 0 fully saturated rings. The number of benzene rings is 2. The van der Waals surface area contributed by atoms with Crippen LogP contribution in [0.5, 0.6) is 5.75 Å². The van der Waals surface area contributed by atoms with Crippen molar-refractivity contribution in [1.29, 1.82) is 0 Å². The Morgan fingerprint density at radius 1 is 1.22 bits per heavy atom. The maximum Gasteiger partial charge on any atom is 0.124 e. The van der Waals surface area contributed by atoms with Crippen LogP contribution < -0.4 is 9.64 Å². The van der Waals surface area contributed by atoms with Crippen molar-refractivity contribution in [3.63, 3.8) is 0 Å². The Morgan fingerprint density at radius 3 is 2.87 bits per heavy atom. The van der Waals surface area contributed by atoms with Crippen molar-refractivity contribution < 1.29 is 9.84 Å². The number of aliphatic hydroxyl groups is 1. The normalized spacial score (nSPS) is 15.2. The van der Waals surface area contributed by atoms with Gasteiger partial charge in [-0.05, 0) is 49.9 Å². The molecule has 3 nitrogen and oxygen atoms in total. The molecule has 1 heterocycles. The van der Waals surface area contributed by atoms with Crippen LogP contribution in [0.2, 0.25) is 0 Å². The third-order valence-electron chi connectivity index (χ3n) is 4.62. The zero-order valence-electron chi connectivity index (χ0n) is 14.0. The Labute approximate surface area is 138 Å². The van der Waals surface area contributed by atoms with E-state index in [0.29, 0.717) is 6.42 Å². The minimum atomic E-state index is -0.501. The molecule has 122 valence electrons. The summed E-state index contributed by atoms with van der Waals surface area (Å²) in [7, 11) is 1.65. The number of para-hydroxylation sites is 1.